The van der Waals surface area contributed by atoms with Gasteiger partial charge in [0.1, 0.15) is 0 Å². The Labute approximate surface area is 148 Å². The third-order valence-electron chi connectivity index (χ3n) is 7.15. The van der Waals surface area contributed by atoms with Crippen LogP contribution in [-0.4, -0.2) is 61.0 Å². The van der Waals surface area contributed by atoms with Crippen molar-refractivity contribution in [3.8, 4) is 0 Å². The zero-order valence-corrected chi connectivity index (χ0v) is 16.0. The first-order valence-corrected chi connectivity index (χ1v) is 10.3. The molecule has 3 rings (SSSR count). The Balaban J connectivity index is 1.38. The zero-order valence-electron chi connectivity index (χ0n) is 16.0. The SMILES string of the molecule is CCN1CCC(N2CCC(C(=O)NCC3(C(C)C)CC3)CC2)CC1. The fourth-order valence-corrected chi connectivity index (χ4v) is 4.65. The van der Waals surface area contributed by atoms with Gasteiger partial charge in [-0.05, 0) is 82.6 Å². The highest BCUT2D eigenvalue weighted by molar-refractivity contribution is 5.78. The number of carbonyl (C=O) groups excluding carboxylic acids is 1. The van der Waals surface area contributed by atoms with Crippen LogP contribution in [0.3, 0.4) is 0 Å². The number of carbonyl (C=O) groups is 1. The van der Waals surface area contributed by atoms with Crippen molar-refractivity contribution in [1.29, 1.82) is 0 Å². The Morgan fingerprint density at radius 3 is 2.21 bits per heavy atom. The minimum Gasteiger partial charge on any atom is -0.355 e. The third-order valence-corrected chi connectivity index (χ3v) is 7.15. The second kappa shape index (κ2) is 7.74. The summed E-state index contributed by atoms with van der Waals surface area (Å²) in [7, 11) is 0. The second-order valence-electron chi connectivity index (χ2n) is 8.71. The van der Waals surface area contributed by atoms with Crippen molar-refractivity contribution in [2.45, 2.75) is 65.3 Å². The molecular weight excluding hydrogens is 298 g/mol. The highest BCUT2D eigenvalue weighted by atomic mass is 16.1. The lowest BCUT2D eigenvalue weighted by molar-refractivity contribution is -0.127. The van der Waals surface area contributed by atoms with Gasteiger partial charge in [0.2, 0.25) is 5.91 Å². The molecule has 1 aliphatic carbocycles. The van der Waals surface area contributed by atoms with Crippen LogP contribution in [0, 0.1) is 17.3 Å². The van der Waals surface area contributed by atoms with Gasteiger partial charge in [0.15, 0.2) is 0 Å². The van der Waals surface area contributed by atoms with Crippen LogP contribution in [0.5, 0.6) is 0 Å². The largest absolute Gasteiger partial charge is 0.355 e. The average Bonchev–Trinajstić information content (AvgIpc) is 3.41. The average molecular weight is 336 g/mol. The van der Waals surface area contributed by atoms with Gasteiger partial charge in [0.05, 0.1) is 0 Å². The smallest absolute Gasteiger partial charge is 0.223 e. The maximum absolute atomic E-state index is 12.5. The van der Waals surface area contributed by atoms with Crippen molar-refractivity contribution in [2.75, 3.05) is 39.3 Å². The zero-order chi connectivity index (χ0) is 17.2. The summed E-state index contributed by atoms with van der Waals surface area (Å²) in [5.41, 5.74) is 0.420. The predicted octanol–water partition coefficient (Wildman–Crippen LogP) is 2.74. The van der Waals surface area contributed by atoms with Gasteiger partial charge in [-0.15, -0.1) is 0 Å². The van der Waals surface area contributed by atoms with E-state index in [1.807, 2.05) is 0 Å². The topological polar surface area (TPSA) is 35.6 Å². The van der Waals surface area contributed by atoms with E-state index in [-0.39, 0.29) is 5.92 Å². The minimum atomic E-state index is 0.250. The molecule has 2 saturated heterocycles. The maximum Gasteiger partial charge on any atom is 0.223 e. The Morgan fingerprint density at radius 1 is 1.08 bits per heavy atom. The number of amides is 1. The first kappa shape index (κ1) is 18.2. The van der Waals surface area contributed by atoms with Gasteiger partial charge in [-0.3, -0.25) is 4.79 Å². The number of hydrogen-bond donors (Lipinski definition) is 1. The van der Waals surface area contributed by atoms with Crippen LogP contribution < -0.4 is 5.32 Å². The summed E-state index contributed by atoms with van der Waals surface area (Å²) in [5.74, 6) is 1.26. The number of rotatable bonds is 6. The molecule has 1 N–H and O–H groups in total. The highest BCUT2D eigenvalue weighted by Gasteiger charge is 2.45. The lowest BCUT2D eigenvalue weighted by Gasteiger charge is -2.41. The van der Waals surface area contributed by atoms with Crippen LogP contribution in [0.2, 0.25) is 0 Å². The number of likely N-dealkylation sites (tertiary alicyclic amines) is 2. The van der Waals surface area contributed by atoms with E-state index in [0.29, 0.717) is 17.2 Å². The van der Waals surface area contributed by atoms with Crippen LogP contribution in [0.4, 0.5) is 0 Å². The molecule has 2 aliphatic heterocycles. The lowest BCUT2D eigenvalue weighted by atomic mass is 9.90. The molecule has 0 aromatic heterocycles. The Bertz CT molecular complexity index is 417. The van der Waals surface area contributed by atoms with Gasteiger partial charge in [-0.2, -0.15) is 0 Å². The van der Waals surface area contributed by atoms with E-state index in [1.165, 1.54) is 45.3 Å². The molecule has 1 amide bonds. The van der Waals surface area contributed by atoms with Gasteiger partial charge < -0.3 is 15.1 Å². The van der Waals surface area contributed by atoms with Crippen molar-refractivity contribution in [3.05, 3.63) is 0 Å². The quantitative estimate of drug-likeness (QED) is 0.811. The van der Waals surface area contributed by atoms with Crippen molar-refractivity contribution in [1.82, 2.24) is 15.1 Å². The van der Waals surface area contributed by atoms with Gasteiger partial charge in [0, 0.05) is 18.5 Å². The molecule has 0 spiro atoms. The maximum atomic E-state index is 12.5. The van der Waals surface area contributed by atoms with Crippen LogP contribution in [0.15, 0.2) is 0 Å². The summed E-state index contributed by atoms with van der Waals surface area (Å²) in [6, 6.07) is 0.757. The fraction of sp³-hybridized carbons (Fsp3) is 0.950. The molecule has 4 heteroatoms. The number of nitrogens with one attached hydrogen (secondary N) is 1. The van der Waals surface area contributed by atoms with Crippen molar-refractivity contribution in [2.24, 2.45) is 17.3 Å². The highest BCUT2D eigenvalue weighted by Crippen LogP contribution is 2.51. The molecule has 0 radical (unpaired) electrons. The lowest BCUT2D eigenvalue weighted by Crippen LogP contribution is -2.49. The molecule has 138 valence electrons. The second-order valence-corrected chi connectivity index (χ2v) is 8.71. The van der Waals surface area contributed by atoms with Gasteiger partial charge in [-0.1, -0.05) is 20.8 Å². The Hall–Kier alpha value is -0.610. The van der Waals surface area contributed by atoms with Crippen LogP contribution in [0.25, 0.3) is 0 Å². The normalized spacial score (nSPS) is 26.7. The van der Waals surface area contributed by atoms with Crippen LogP contribution in [0.1, 0.15) is 59.3 Å². The minimum absolute atomic E-state index is 0.250. The number of hydrogen-bond acceptors (Lipinski definition) is 3. The third kappa shape index (κ3) is 4.13. The monoisotopic (exact) mass is 335 g/mol. The molecular formula is C20H37N3O. The van der Waals surface area contributed by atoms with Crippen LogP contribution in [-0.2, 0) is 4.79 Å². The summed E-state index contributed by atoms with van der Waals surface area (Å²) in [5, 5.41) is 3.28. The van der Waals surface area contributed by atoms with E-state index in [9.17, 15) is 4.79 Å². The van der Waals surface area contributed by atoms with E-state index in [2.05, 4.69) is 35.9 Å². The molecule has 0 aromatic carbocycles. The van der Waals surface area contributed by atoms with Crippen LogP contribution >= 0.6 is 0 Å². The predicted molar refractivity (Wildman–Crippen MR) is 98.9 cm³/mol. The molecule has 0 atom stereocenters. The molecule has 2 heterocycles. The summed E-state index contributed by atoms with van der Waals surface area (Å²) < 4.78 is 0. The van der Waals surface area contributed by atoms with E-state index in [4.69, 9.17) is 0 Å². The molecule has 3 aliphatic rings. The molecule has 0 aromatic rings. The van der Waals surface area contributed by atoms with Crippen molar-refractivity contribution in [3.63, 3.8) is 0 Å². The van der Waals surface area contributed by atoms with Crippen molar-refractivity contribution < 1.29 is 4.79 Å². The van der Waals surface area contributed by atoms with Gasteiger partial charge in [-0.25, -0.2) is 0 Å². The van der Waals surface area contributed by atoms with E-state index in [1.54, 1.807) is 0 Å². The van der Waals surface area contributed by atoms with Gasteiger partial charge in [0.25, 0.3) is 0 Å². The fourth-order valence-electron chi connectivity index (χ4n) is 4.65. The van der Waals surface area contributed by atoms with Crippen molar-refractivity contribution >= 4 is 5.91 Å². The molecule has 24 heavy (non-hydrogen) atoms. The molecule has 3 fully saturated rings. The first-order valence-electron chi connectivity index (χ1n) is 10.3. The molecule has 1 saturated carbocycles. The Morgan fingerprint density at radius 2 is 1.71 bits per heavy atom. The van der Waals surface area contributed by atoms with Gasteiger partial charge >= 0.3 is 0 Å². The molecule has 0 unspecified atom stereocenters. The number of piperidine rings is 2. The summed E-state index contributed by atoms with van der Waals surface area (Å²) >= 11 is 0. The standard InChI is InChI=1S/C20H37N3O/c1-4-22-11-7-18(8-12-22)23-13-5-17(6-14-23)19(24)21-15-20(9-10-20)16(2)3/h16-18H,4-15H2,1-3H3,(H,21,24). The van der Waals surface area contributed by atoms with E-state index >= 15 is 0 Å². The summed E-state index contributed by atoms with van der Waals surface area (Å²) in [6.07, 6.45) is 7.30. The van der Waals surface area contributed by atoms with E-state index < -0.39 is 0 Å². The molecule has 4 nitrogen and oxygen atoms in total. The summed E-state index contributed by atoms with van der Waals surface area (Å²) in [6.45, 7) is 13.7. The summed E-state index contributed by atoms with van der Waals surface area (Å²) in [4.78, 5) is 17.7. The Kier molecular flexibility index (Phi) is 5.86. The number of nitrogens with zero attached hydrogens (tertiary/aromatic N) is 2. The molecule has 0 bridgehead atoms. The first-order chi connectivity index (χ1) is 11.5. The van der Waals surface area contributed by atoms with E-state index in [0.717, 1.165) is 38.5 Å².